The van der Waals surface area contributed by atoms with Crippen molar-refractivity contribution in [2.75, 3.05) is 17.2 Å². The highest BCUT2D eigenvalue weighted by Gasteiger charge is 2.10. The predicted molar refractivity (Wildman–Crippen MR) is 85.0 cm³/mol. The summed E-state index contributed by atoms with van der Waals surface area (Å²) in [5.41, 5.74) is 2.82. The molecule has 0 atom stereocenters. The molecule has 5 heteroatoms. The van der Waals surface area contributed by atoms with Gasteiger partial charge in [0.25, 0.3) is 11.5 Å². The Morgan fingerprint density at radius 1 is 1.19 bits per heavy atom. The van der Waals surface area contributed by atoms with E-state index in [1.807, 2.05) is 32.0 Å². The topological polar surface area (TPSA) is 63.1 Å². The molecule has 1 aromatic carbocycles. The average molecular weight is 285 g/mol. The maximum Gasteiger partial charge on any atom is 0.255 e. The number of carbonyl (C=O) groups excluding carboxylic acids is 1. The Labute approximate surface area is 123 Å². The Balaban J connectivity index is 2.26. The average Bonchev–Trinajstić information content (AvgIpc) is 2.45. The second-order valence-electron chi connectivity index (χ2n) is 4.90. The van der Waals surface area contributed by atoms with Crippen molar-refractivity contribution >= 4 is 17.3 Å². The fourth-order valence-electron chi connectivity index (χ4n) is 1.99. The summed E-state index contributed by atoms with van der Waals surface area (Å²) in [7, 11) is 1.65. The number of amides is 1. The third-order valence-electron chi connectivity index (χ3n) is 3.16. The van der Waals surface area contributed by atoms with Crippen LogP contribution in [0.4, 0.5) is 11.4 Å². The van der Waals surface area contributed by atoms with Crippen molar-refractivity contribution in [2.45, 2.75) is 13.8 Å². The number of pyridine rings is 1. The van der Waals surface area contributed by atoms with Gasteiger partial charge in [0.15, 0.2) is 0 Å². The Hall–Kier alpha value is -2.56. The third-order valence-corrected chi connectivity index (χ3v) is 3.16. The van der Waals surface area contributed by atoms with E-state index >= 15 is 0 Å². The standard InChI is InChI=1S/C16H19N3O2/c1-4-17-14-9-11(2)5-6-13(14)18-16(21)12-7-8-19(3)15(20)10-12/h5-10,17H,4H2,1-3H3,(H,18,21). The lowest BCUT2D eigenvalue weighted by Crippen LogP contribution is -2.20. The summed E-state index contributed by atoms with van der Waals surface area (Å²) < 4.78 is 1.42. The maximum absolute atomic E-state index is 12.2. The van der Waals surface area contributed by atoms with Gasteiger partial charge in [-0.3, -0.25) is 9.59 Å². The number of nitrogens with zero attached hydrogens (tertiary/aromatic N) is 1. The summed E-state index contributed by atoms with van der Waals surface area (Å²) in [6.07, 6.45) is 1.58. The van der Waals surface area contributed by atoms with Crippen molar-refractivity contribution in [1.82, 2.24) is 4.57 Å². The van der Waals surface area contributed by atoms with Gasteiger partial charge in [-0.2, -0.15) is 0 Å². The Morgan fingerprint density at radius 3 is 2.62 bits per heavy atom. The van der Waals surface area contributed by atoms with Gasteiger partial charge in [-0.05, 0) is 37.6 Å². The van der Waals surface area contributed by atoms with Crippen LogP contribution in [-0.2, 0) is 7.05 Å². The highest BCUT2D eigenvalue weighted by atomic mass is 16.2. The molecule has 0 saturated carbocycles. The van der Waals surface area contributed by atoms with E-state index in [-0.39, 0.29) is 11.5 Å². The third kappa shape index (κ3) is 3.51. The van der Waals surface area contributed by atoms with E-state index in [0.717, 1.165) is 17.8 Å². The molecule has 0 spiro atoms. The first-order valence-electron chi connectivity index (χ1n) is 6.84. The number of anilines is 2. The molecule has 2 aromatic rings. The van der Waals surface area contributed by atoms with E-state index in [2.05, 4.69) is 10.6 Å². The predicted octanol–water partition coefficient (Wildman–Crippen LogP) is 2.38. The monoisotopic (exact) mass is 285 g/mol. The molecule has 0 unspecified atom stereocenters. The smallest absolute Gasteiger partial charge is 0.255 e. The minimum Gasteiger partial charge on any atom is -0.384 e. The highest BCUT2D eigenvalue weighted by molar-refractivity contribution is 6.05. The zero-order valence-electron chi connectivity index (χ0n) is 12.4. The second-order valence-corrected chi connectivity index (χ2v) is 4.90. The molecule has 2 N–H and O–H groups in total. The lowest BCUT2D eigenvalue weighted by molar-refractivity contribution is 0.102. The molecule has 1 heterocycles. The molecule has 1 amide bonds. The zero-order valence-corrected chi connectivity index (χ0v) is 12.4. The normalized spacial score (nSPS) is 10.2. The number of rotatable bonds is 4. The molecule has 21 heavy (non-hydrogen) atoms. The summed E-state index contributed by atoms with van der Waals surface area (Å²) in [5, 5.41) is 6.05. The van der Waals surface area contributed by atoms with Gasteiger partial charge < -0.3 is 15.2 Å². The summed E-state index contributed by atoms with van der Waals surface area (Å²) in [6.45, 7) is 4.75. The van der Waals surface area contributed by atoms with Gasteiger partial charge in [-0.1, -0.05) is 6.07 Å². The lowest BCUT2D eigenvalue weighted by Gasteiger charge is -2.13. The van der Waals surface area contributed by atoms with Gasteiger partial charge >= 0.3 is 0 Å². The molecular formula is C16H19N3O2. The molecule has 0 aliphatic heterocycles. The van der Waals surface area contributed by atoms with Gasteiger partial charge in [0.2, 0.25) is 0 Å². The van der Waals surface area contributed by atoms with Crippen LogP contribution in [0.25, 0.3) is 0 Å². The van der Waals surface area contributed by atoms with E-state index in [0.29, 0.717) is 11.3 Å². The highest BCUT2D eigenvalue weighted by Crippen LogP contribution is 2.23. The summed E-state index contributed by atoms with van der Waals surface area (Å²) in [6, 6.07) is 8.71. The van der Waals surface area contributed by atoms with Gasteiger partial charge in [0.1, 0.15) is 0 Å². The first-order chi connectivity index (χ1) is 10.0. The fourth-order valence-corrected chi connectivity index (χ4v) is 1.99. The molecule has 0 bridgehead atoms. The van der Waals surface area contributed by atoms with Crippen LogP contribution in [0, 0.1) is 6.92 Å². The Kier molecular flexibility index (Phi) is 4.42. The Bertz CT molecular complexity index is 720. The number of benzene rings is 1. The number of hydrogen-bond acceptors (Lipinski definition) is 3. The minimum absolute atomic E-state index is 0.210. The van der Waals surface area contributed by atoms with E-state index in [1.54, 1.807) is 19.3 Å². The largest absolute Gasteiger partial charge is 0.384 e. The molecule has 110 valence electrons. The summed E-state index contributed by atoms with van der Waals surface area (Å²) in [4.78, 5) is 23.8. The molecule has 0 aliphatic rings. The van der Waals surface area contributed by atoms with Crippen LogP contribution in [0.3, 0.4) is 0 Å². The van der Waals surface area contributed by atoms with Crippen LogP contribution < -0.4 is 16.2 Å². The van der Waals surface area contributed by atoms with Crippen molar-refractivity contribution in [3.63, 3.8) is 0 Å². The van der Waals surface area contributed by atoms with Gasteiger partial charge in [-0.25, -0.2) is 0 Å². The number of carbonyl (C=O) groups is 1. The van der Waals surface area contributed by atoms with Crippen LogP contribution in [0.5, 0.6) is 0 Å². The van der Waals surface area contributed by atoms with E-state index < -0.39 is 0 Å². The first kappa shape index (κ1) is 14.8. The van der Waals surface area contributed by atoms with Gasteiger partial charge in [-0.15, -0.1) is 0 Å². The second kappa shape index (κ2) is 6.26. The van der Waals surface area contributed by atoms with Crippen LogP contribution >= 0.6 is 0 Å². The molecule has 0 fully saturated rings. The van der Waals surface area contributed by atoms with Crippen molar-refractivity contribution < 1.29 is 4.79 Å². The van der Waals surface area contributed by atoms with Crippen molar-refractivity contribution in [3.05, 3.63) is 58.0 Å². The lowest BCUT2D eigenvalue weighted by atomic mass is 10.1. The zero-order chi connectivity index (χ0) is 15.4. The SMILES string of the molecule is CCNc1cc(C)ccc1NC(=O)c1ccn(C)c(=O)c1. The Morgan fingerprint density at radius 2 is 1.95 bits per heavy atom. The van der Waals surface area contributed by atoms with Crippen molar-refractivity contribution in [1.29, 1.82) is 0 Å². The van der Waals surface area contributed by atoms with E-state index in [9.17, 15) is 9.59 Å². The number of hydrogen-bond donors (Lipinski definition) is 2. The van der Waals surface area contributed by atoms with E-state index in [4.69, 9.17) is 0 Å². The maximum atomic E-state index is 12.2. The first-order valence-corrected chi connectivity index (χ1v) is 6.84. The molecule has 0 aliphatic carbocycles. The van der Waals surface area contributed by atoms with Crippen molar-refractivity contribution in [3.8, 4) is 0 Å². The molecule has 5 nitrogen and oxygen atoms in total. The molecule has 0 saturated heterocycles. The van der Waals surface area contributed by atoms with Gasteiger partial charge in [0, 0.05) is 31.4 Å². The summed E-state index contributed by atoms with van der Waals surface area (Å²) >= 11 is 0. The summed E-state index contributed by atoms with van der Waals surface area (Å²) in [5.74, 6) is -0.296. The van der Waals surface area contributed by atoms with Crippen LogP contribution in [0.15, 0.2) is 41.3 Å². The minimum atomic E-state index is -0.296. The number of aryl methyl sites for hydroxylation is 2. The molecular weight excluding hydrogens is 266 g/mol. The molecule has 2 rings (SSSR count). The quantitative estimate of drug-likeness (QED) is 0.906. The van der Waals surface area contributed by atoms with Crippen LogP contribution in [-0.4, -0.2) is 17.0 Å². The number of aromatic nitrogens is 1. The fraction of sp³-hybridized carbons (Fsp3) is 0.250. The van der Waals surface area contributed by atoms with Crippen LogP contribution in [0.1, 0.15) is 22.8 Å². The van der Waals surface area contributed by atoms with E-state index in [1.165, 1.54) is 10.6 Å². The van der Waals surface area contributed by atoms with Gasteiger partial charge in [0.05, 0.1) is 11.4 Å². The van der Waals surface area contributed by atoms with Crippen LogP contribution in [0.2, 0.25) is 0 Å². The number of nitrogens with one attached hydrogen (secondary N) is 2. The van der Waals surface area contributed by atoms with Crippen molar-refractivity contribution in [2.24, 2.45) is 7.05 Å². The molecule has 1 aromatic heterocycles. The molecule has 0 radical (unpaired) electrons.